The number of ether oxygens (including phenoxy) is 1. The maximum absolute atomic E-state index is 13.1. The fraction of sp³-hybridized carbons (Fsp3) is 0.219. The smallest absolute Gasteiger partial charge is 0.264 e. The lowest BCUT2D eigenvalue weighted by atomic mass is 10.0. The number of rotatable bonds is 7. The van der Waals surface area contributed by atoms with E-state index in [1.807, 2.05) is 60.8 Å². The van der Waals surface area contributed by atoms with Crippen LogP contribution in [0.3, 0.4) is 0 Å². The minimum atomic E-state index is -0.221. The number of aromatic nitrogens is 2. The number of aryl methyl sites for hydroxylation is 1. The summed E-state index contributed by atoms with van der Waals surface area (Å²) in [5.41, 5.74) is 5.53. The molecule has 1 aromatic heterocycles. The van der Waals surface area contributed by atoms with Crippen molar-refractivity contribution in [2.24, 2.45) is 0 Å². The monoisotopic (exact) mass is 502 g/mol. The molecule has 0 atom stereocenters. The topological polar surface area (TPSA) is 71.1 Å². The van der Waals surface area contributed by atoms with Gasteiger partial charge in [-0.1, -0.05) is 60.2 Å². The summed E-state index contributed by atoms with van der Waals surface area (Å²) in [5.74, 6) is 0.498. The molecule has 0 aliphatic carbocycles. The molecule has 190 valence electrons. The van der Waals surface area contributed by atoms with Crippen molar-refractivity contribution in [3.05, 3.63) is 107 Å². The number of likely N-dealkylation sites (tertiary alicyclic amines) is 1. The lowest BCUT2D eigenvalue weighted by Crippen LogP contribution is -2.36. The molecule has 0 bridgehead atoms. The fourth-order valence-corrected chi connectivity index (χ4v) is 4.58. The molecule has 0 N–H and O–H groups in total. The standard InChI is InChI=1S/C32H30N4O2/c1-24-13-15-25(16-14-24)23-38-30-12-8-9-26(20-30)31-28(22-36(34-31)29-10-4-2-5-11-29)19-27(21-33)32(37)35-17-6-3-7-18-35/h2,4-5,8-16,19-20,22H,3,6-7,17-18,23H2,1H3/b27-19-. The molecule has 1 saturated heterocycles. The molecule has 2 heterocycles. The average molecular weight is 503 g/mol. The molecule has 3 aromatic carbocycles. The Labute approximate surface area is 223 Å². The Bertz CT molecular complexity index is 1470. The van der Waals surface area contributed by atoms with Crippen LogP contribution in [0.5, 0.6) is 5.75 Å². The molecule has 38 heavy (non-hydrogen) atoms. The first-order chi connectivity index (χ1) is 18.6. The normalized spacial score (nSPS) is 13.7. The molecule has 0 saturated carbocycles. The van der Waals surface area contributed by atoms with E-state index in [0.717, 1.165) is 41.8 Å². The van der Waals surface area contributed by atoms with E-state index in [1.54, 1.807) is 15.7 Å². The number of benzene rings is 3. The van der Waals surface area contributed by atoms with Crippen molar-refractivity contribution < 1.29 is 9.53 Å². The van der Waals surface area contributed by atoms with Crippen LogP contribution >= 0.6 is 0 Å². The van der Waals surface area contributed by atoms with Gasteiger partial charge in [-0.05, 0) is 62.1 Å². The number of para-hydroxylation sites is 1. The summed E-state index contributed by atoms with van der Waals surface area (Å²) in [6.45, 7) is 3.90. The number of carbonyl (C=O) groups excluding carboxylic acids is 1. The van der Waals surface area contributed by atoms with E-state index in [9.17, 15) is 10.1 Å². The summed E-state index contributed by atoms with van der Waals surface area (Å²) in [7, 11) is 0. The molecular weight excluding hydrogens is 472 g/mol. The highest BCUT2D eigenvalue weighted by atomic mass is 16.5. The number of nitriles is 1. The summed E-state index contributed by atoms with van der Waals surface area (Å²) in [4.78, 5) is 14.9. The molecule has 1 fully saturated rings. The van der Waals surface area contributed by atoms with E-state index < -0.39 is 0 Å². The van der Waals surface area contributed by atoms with Crippen LogP contribution in [0.4, 0.5) is 0 Å². The number of hydrogen-bond acceptors (Lipinski definition) is 4. The predicted molar refractivity (Wildman–Crippen MR) is 149 cm³/mol. The molecule has 0 radical (unpaired) electrons. The lowest BCUT2D eigenvalue weighted by Gasteiger charge is -2.26. The van der Waals surface area contributed by atoms with Gasteiger partial charge in [0.2, 0.25) is 0 Å². The maximum Gasteiger partial charge on any atom is 0.264 e. The van der Waals surface area contributed by atoms with Gasteiger partial charge in [0.1, 0.15) is 29.7 Å². The second-order valence-electron chi connectivity index (χ2n) is 9.54. The van der Waals surface area contributed by atoms with Crippen LogP contribution in [-0.4, -0.2) is 33.7 Å². The molecule has 5 rings (SSSR count). The highest BCUT2D eigenvalue weighted by Gasteiger charge is 2.22. The van der Waals surface area contributed by atoms with Crippen LogP contribution in [0.15, 0.2) is 90.6 Å². The van der Waals surface area contributed by atoms with Gasteiger partial charge in [0, 0.05) is 30.4 Å². The van der Waals surface area contributed by atoms with E-state index in [2.05, 4.69) is 37.3 Å². The lowest BCUT2D eigenvalue weighted by molar-refractivity contribution is -0.127. The van der Waals surface area contributed by atoms with Crippen LogP contribution in [0, 0.1) is 18.3 Å². The number of amides is 1. The van der Waals surface area contributed by atoms with Gasteiger partial charge in [-0.15, -0.1) is 0 Å². The van der Waals surface area contributed by atoms with Crippen molar-refractivity contribution in [2.45, 2.75) is 32.8 Å². The van der Waals surface area contributed by atoms with Crippen LogP contribution < -0.4 is 4.74 Å². The first-order valence-corrected chi connectivity index (χ1v) is 13.0. The Hall–Kier alpha value is -4.63. The highest BCUT2D eigenvalue weighted by Crippen LogP contribution is 2.29. The third kappa shape index (κ3) is 5.84. The van der Waals surface area contributed by atoms with Gasteiger partial charge in [-0.2, -0.15) is 10.4 Å². The zero-order chi connectivity index (χ0) is 26.3. The molecule has 1 aliphatic heterocycles. The van der Waals surface area contributed by atoms with E-state index in [4.69, 9.17) is 9.84 Å². The molecule has 0 unspecified atom stereocenters. The quantitative estimate of drug-likeness (QED) is 0.218. The minimum absolute atomic E-state index is 0.118. The second kappa shape index (κ2) is 11.6. The summed E-state index contributed by atoms with van der Waals surface area (Å²) in [6, 6.07) is 28.0. The number of carbonyl (C=O) groups is 1. The zero-order valence-electron chi connectivity index (χ0n) is 21.5. The molecule has 4 aromatic rings. The number of hydrogen-bond donors (Lipinski definition) is 0. The summed E-state index contributed by atoms with van der Waals surface area (Å²) >= 11 is 0. The van der Waals surface area contributed by atoms with Crippen molar-refractivity contribution in [3.63, 3.8) is 0 Å². The Kier molecular flexibility index (Phi) is 7.65. The van der Waals surface area contributed by atoms with E-state index >= 15 is 0 Å². The Morgan fingerprint density at radius 3 is 2.50 bits per heavy atom. The van der Waals surface area contributed by atoms with Crippen molar-refractivity contribution in [3.8, 4) is 28.8 Å². The second-order valence-corrected chi connectivity index (χ2v) is 9.54. The van der Waals surface area contributed by atoms with Crippen LogP contribution in [-0.2, 0) is 11.4 Å². The predicted octanol–water partition coefficient (Wildman–Crippen LogP) is 6.35. The first kappa shape index (κ1) is 25.0. The minimum Gasteiger partial charge on any atom is -0.489 e. The van der Waals surface area contributed by atoms with Crippen molar-refractivity contribution in [2.75, 3.05) is 13.1 Å². The van der Waals surface area contributed by atoms with Gasteiger partial charge in [0.25, 0.3) is 5.91 Å². The van der Waals surface area contributed by atoms with Gasteiger partial charge in [0.05, 0.1) is 5.69 Å². The fourth-order valence-electron chi connectivity index (χ4n) is 4.58. The summed E-state index contributed by atoms with van der Waals surface area (Å²) in [5, 5.41) is 14.8. The van der Waals surface area contributed by atoms with E-state index in [-0.39, 0.29) is 11.5 Å². The molecule has 0 spiro atoms. The summed E-state index contributed by atoms with van der Waals surface area (Å²) < 4.78 is 7.86. The zero-order valence-corrected chi connectivity index (χ0v) is 21.5. The number of piperidine rings is 1. The van der Waals surface area contributed by atoms with Crippen molar-refractivity contribution >= 4 is 12.0 Å². The van der Waals surface area contributed by atoms with Crippen LogP contribution in [0.1, 0.15) is 36.0 Å². The molecule has 6 nitrogen and oxygen atoms in total. The number of nitrogens with zero attached hydrogens (tertiary/aromatic N) is 4. The Morgan fingerprint density at radius 2 is 1.76 bits per heavy atom. The van der Waals surface area contributed by atoms with E-state index in [1.165, 1.54) is 5.56 Å². The third-order valence-corrected chi connectivity index (χ3v) is 6.69. The van der Waals surface area contributed by atoms with E-state index in [0.29, 0.717) is 31.0 Å². The van der Waals surface area contributed by atoms with Gasteiger partial charge >= 0.3 is 0 Å². The van der Waals surface area contributed by atoms with Gasteiger partial charge in [-0.25, -0.2) is 4.68 Å². The first-order valence-electron chi connectivity index (χ1n) is 13.0. The maximum atomic E-state index is 13.1. The van der Waals surface area contributed by atoms with Gasteiger partial charge in [-0.3, -0.25) is 4.79 Å². The highest BCUT2D eigenvalue weighted by molar-refractivity contribution is 6.02. The van der Waals surface area contributed by atoms with Crippen LogP contribution in [0.25, 0.3) is 23.0 Å². The average Bonchev–Trinajstić information content (AvgIpc) is 3.40. The SMILES string of the molecule is Cc1ccc(COc2cccc(-c3nn(-c4ccccc4)cc3/C=C(/C#N)C(=O)N3CCCCC3)c2)cc1. The molecule has 1 amide bonds. The van der Waals surface area contributed by atoms with Gasteiger partial charge in [0.15, 0.2) is 0 Å². The molecular formula is C32H30N4O2. The molecule has 6 heteroatoms. The molecule has 1 aliphatic rings. The van der Waals surface area contributed by atoms with Crippen molar-refractivity contribution in [1.82, 2.24) is 14.7 Å². The van der Waals surface area contributed by atoms with Gasteiger partial charge < -0.3 is 9.64 Å². The Morgan fingerprint density at radius 1 is 1.00 bits per heavy atom. The van der Waals surface area contributed by atoms with Crippen molar-refractivity contribution in [1.29, 1.82) is 5.26 Å². The Balaban J connectivity index is 1.49. The third-order valence-electron chi connectivity index (χ3n) is 6.69. The summed E-state index contributed by atoms with van der Waals surface area (Å²) in [6.07, 6.45) is 6.59. The largest absolute Gasteiger partial charge is 0.489 e. The van der Waals surface area contributed by atoms with Crippen LogP contribution in [0.2, 0.25) is 0 Å².